The summed E-state index contributed by atoms with van der Waals surface area (Å²) >= 11 is 0. The lowest BCUT2D eigenvalue weighted by molar-refractivity contribution is -0.148. The SMILES string of the molecule is COC(=O)C(N)(CN(C)CCc1ccncc1)C1CC1. The zero-order chi connectivity index (χ0) is 14.6. The van der Waals surface area contributed by atoms with Crippen molar-refractivity contribution in [3.05, 3.63) is 30.1 Å². The molecule has 0 radical (unpaired) electrons. The van der Waals surface area contributed by atoms with Crippen LogP contribution >= 0.6 is 0 Å². The first-order valence-corrected chi connectivity index (χ1v) is 7.01. The fraction of sp³-hybridized carbons (Fsp3) is 0.600. The number of hydrogen-bond donors (Lipinski definition) is 1. The van der Waals surface area contributed by atoms with Gasteiger partial charge in [0.1, 0.15) is 5.54 Å². The van der Waals surface area contributed by atoms with Gasteiger partial charge < -0.3 is 15.4 Å². The Morgan fingerprint density at radius 1 is 1.50 bits per heavy atom. The number of rotatable bonds is 7. The van der Waals surface area contributed by atoms with Gasteiger partial charge >= 0.3 is 5.97 Å². The molecule has 5 heteroatoms. The number of carbonyl (C=O) groups is 1. The highest BCUT2D eigenvalue weighted by atomic mass is 16.5. The second kappa shape index (κ2) is 6.33. The van der Waals surface area contributed by atoms with Gasteiger partial charge in [0.2, 0.25) is 0 Å². The summed E-state index contributed by atoms with van der Waals surface area (Å²) in [5.74, 6) is -0.0333. The minimum atomic E-state index is -0.859. The van der Waals surface area contributed by atoms with Crippen molar-refractivity contribution >= 4 is 5.97 Å². The van der Waals surface area contributed by atoms with Crippen LogP contribution in [0.4, 0.5) is 0 Å². The molecule has 20 heavy (non-hydrogen) atoms. The number of carbonyl (C=O) groups excluding carboxylic acids is 1. The number of likely N-dealkylation sites (N-methyl/N-ethyl adjacent to an activating group) is 1. The Labute approximate surface area is 120 Å². The van der Waals surface area contributed by atoms with Crippen LogP contribution in [0, 0.1) is 5.92 Å². The molecule has 2 N–H and O–H groups in total. The van der Waals surface area contributed by atoms with Crippen molar-refractivity contribution in [2.75, 3.05) is 27.2 Å². The van der Waals surface area contributed by atoms with Crippen LogP contribution < -0.4 is 5.73 Å². The van der Waals surface area contributed by atoms with Crippen LogP contribution in [0.25, 0.3) is 0 Å². The molecule has 1 unspecified atom stereocenters. The van der Waals surface area contributed by atoms with E-state index in [2.05, 4.69) is 9.88 Å². The van der Waals surface area contributed by atoms with E-state index < -0.39 is 5.54 Å². The van der Waals surface area contributed by atoms with Crippen molar-refractivity contribution in [2.24, 2.45) is 11.7 Å². The zero-order valence-corrected chi connectivity index (χ0v) is 12.2. The summed E-state index contributed by atoms with van der Waals surface area (Å²) in [6, 6.07) is 4.01. The molecule has 0 aliphatic heterocycles. The molecule has 1 aromatic heterocycles. The third kappa shape index (κ3) is 3.55. The van der Waals surface area contributed by atoms with E-state index in [0.717, 1.165) is 25.8 Å². The second-order valence-electron chi connectivity index (χ2n) is 5.65. The van der Waals surface area contributed by atoms with Crippen LogP contribution in [0.2, 0.25) is 0 Å². The van der Waals surface area contributed by atoms with Gasteiger partial charge in [-0.2, -0.15) is 0 Å². The Morgan fingerprint density at radius 2 is 2.15 bits per heavy atom. The van der Waals surface area contributed by atoms with Gasteiger partial charge in [0.25, 0.3) is 0 Å². The maximum atomic E-state index is 11.9. The first-order valence-electron chi connectivity index (χ1n) is 7.01. The predicted molar refractivity (Wildman–Crippen MR) is 77.1 cm³/mol. The molecule has 5 nitrogen and oxygen atoms in total. The minimum absolute atomic E-state index is 0.262. The molecule has 1 saturated carbocycles. The monoisotopic (exact) mass is 277 g/mol. The second-order valence-corrected chi connectivity index (χ2v) is 5.65. The van der Waals surface area contributed by atoms with E-state index in [1.165, 1.54) is 12.7 Å². The molecule has 0 saturated heterocycles. The Kier molecular flexibility index (Phi) is 4.73. The van der Waals surface area contributed by atoms with Crippen molar-refractivity contribution < 1.29 is 9.53 Å². The molecule has 1 aromatic rings. The normalized spacial score (nSPS) is 17.8. The van der Waals surface area contributed by atoms with Gasteiger partial charge in [-0.05, 0) is 49.9 Å². The van der Waals surface area contributed by atoms with E-state index in [9.17, 15) is 4.79 Å². The number of pyridine rings is 1. The molecule has 1 fully saturated rings. The number of ether oxygens (including phenoxy) is 1. The molecule has 1 heterocycles. The Morgan fingerprint density at radius 3 is 2.70 bits per heavy atom. The quantitative estimate of drug-likeness (QED) is 0.748. The molecule has 2 rings (SSSR count). The summed E-state index contributed by atoms with van der Waals surface area (Å²) in [4.78, 5) is 18.1. The van der Waals surface area contributed by atoms with Crippen molar-refractivity contribution in [2.45, 2.75) is 24.8 Å². The maximum Gasteiger partial charge on any atom is 0.327 e. The molecule has 1 aliphatic carbocycles. The number of nitrogens with zero attached hydrogens (tertiary/aromatic N) is 2. The lowest BCUT2D eigenvalue weighted by Crippen LogP contribution is -2.58. The molecule has 1 aliphatic rings. The van der Waals surface area contributed by atoms with Crippen molar-refractivity contribution in [1.82, 2.24) is 9.88 Å². The Hall–Kier alpha value is -1.46. The van der Waals surface area contributed by atoms with Gasteiger partial charge in [0.15, 0.2) is 0 Å². The average Bonchev–Trinajstić information content (AvgIpc) is 3.30. The zero-order valence-electron chi connectivity index (χ0n) is 12.2. The average molecular weight is 277 g/mol. The van der Waals surface area contributed by atoms with Crippen LogP contribution in [0.1, 0.15) is 18.4 Å². The summed E-state index contributed by atoms with van der Waals surface area (Å²) in [5, 5.41) is 0. The summed E-state index contributed by atoms with van der Waals surface area (Å²) in [6.07, 6.45) is 6.54. The molecule has 0 amide bonds. The third-order valence-electron chi connectivity index (χ3n) is 3.93. The first-order chi connectivity index (χ1) is 9.56. The van der Waals surface area contributed by atoms with Gasteiger partial charge in [-0.15, -0.1) is 0 Å². The fourth-order valence-corrected chi connectivity index (χ4v) is 2.54. The van der Waals surface area contributed by atoms with Gasteiger partial charge in [0.05, 0.1) is 7.11 Å². The predicted octanol–water partition coefficient (Wildman–Crippen LogP) is 0.836. The van der Waals surface area contributed by atoms with Crippen LogP contribution in [-0.2, 0) is 16.0 Å². The summed E-state index contributed by atoms with van der Waals surface area (Å²) in [7, 11) is 3.40. The highest BCUT2D eigenvalue weighted by Gasteiger charge is 2.49. The van der Waals surface area contributed by atoms with E-state index in [1.54, 1.807) is 12.4 Å². The number of esters is 1. The molecular weight excluding hydrogens is 254 g/mol. The van der Waals surface area contributed by atoms with Crippen molar-refractivity contribution in [3.63, 3.8) is 0 Å². The van der Waals surface area contributed by atoms with E-state index in [-0.39, 0.29) is 11.9 Å². The lowest BCUT2D eigenvalue weighted by atomic mass is 9.94. The molecular formula is C15H23N3O2. The molecule has 1 atom stereocenters. The van der Waals surface area contributed by atoms with Crippen molar-refractivity contribution in [3.8, 4) is 0 Å². The smallest absolute Gasteiger partial charge is 0.327 e. The van der Waals surface area contributed by atoms with Gasteiger partial charge in [-0.3, -0.25) is 9.78 Å². The number of hydrogen-bond acceptors (Lipinski definition) is 5. The van der Waals surface area contributed by atoms with E-state index in [1.807, 2.05) is 19.2 Å². The largest absolute Gasteiger partial charge is 0.468 e. The maximum absolute atomic E-state index is 11.9. The fourth-order valence-electron chi connectivity index (χ4n) is 2.54. The number of methoxy groups -OCH3 is 1. The Bertz CT molecular complexity index is 448. The molecule has 0 spiro atoms. The highest BCUT2D eigenvalue weighted by Crippen LogP contribution is 2.39. The lowest BCUT2D eigenvalue weighted by Gasteiger charge is -2.31. The highest BCUT2D eigenvalue weighted by molar-refractivity contribution is 5.81. The standard InChI is InChI=1S/C15H23N3O2/c1-18(10-7-12-5-8-17-9-6-12)11-15(16,13-3-4-13)14(19)20-2/h5-6,8-9,13H,3-4,7,10-11,16H2,1-2H3. The Balaban J connectivity index is 1.89. The van der Waals surface area contributed by atoms with E-state index in [4.69, 9.17) is 10.5 Å². The first kappa shape index (κ1) is 14.9. The van der Waals surface area contributed by atoms with Gasteiger partial charge in [-0.25, -0.2) is 0 Å². The van der Waals surface area contributed by atoms with Crippen LogP contribution in [0.5, 0.6) is 0 Å². The summed E-state index contributed by atoms with van der Waals surface area (Å²) in [6.45, 7) is 1.39. The molecule has 0 bridgehead atoms. The van der Waals surface area contributed by atoms with E-state index >= 15 is 0 Å². The summed E-state index contributed by atoms with van der Waals surface area (Å²) < 4.78 is 4.88. The van der Waals surface area contributed by atoms with Gasteiger partial charge in [-0.1, -0.05) is 0 Å². The third-order valence-corrected chi connectivity index (χ3v) is 3.93. The van der Waals surface area contributed by atoms with Crippen LogP contribution in [0.3, 0.4) is 0 Å². The summed E-state index contributed by atoms with van der Waals surface area (Å²) in [5.41, 5.74) is 6.68. The minimum Gasteiger partial charge on any atom is -0.468 e. The molecule has 110 valence electrons. The van der Waals surface area contributed by atoms with Crippen LogP contribution in [-0.4, -0.2) is 48.6 Å². The van der Waals surface area contributed by atoms with E-state index in [0.29, 0.717) is 6.54 Å². The molecule has 0 aromatic carbocycles. The number of aromatic nitrogens is 1. The van der Waals surface area contributed by atoms with Crippen LogP contribution in [0.15, 0.2) is 24.5 Å². The van der Waals surface area contributed by atoms with Gasteiger partial charge in [0, 0.05) is 25.5 Å². The topological polar surface area (TPSA) is 68.5 Å². The number of nitrogens with two attached hydrogens (primary N) is 1. The van der Waals surface area contributed by atoms with Crippen molar-refractivity contribution in [1.29, 1.82) is 0 Å².